The van der Waals surface area contributed by atoms with Gasteiger partial charge in [0.05, 0.1) is 11.5 Å². The molecular formula is C29H36N4O3. The highest BCUT2D eigenvalue weighted by molar-refractivity contribution is 5.95. The number of likely N-dealkylation sites (tertiary alicyclic amines) is 1. The Labute approximate surface area is 212 Å². The van der Waals surface area contributed by atoms with E-state index in [-0.39, 0.29) is 17.4 Å². The second kappa shape index (κ2) is 9.51. The summed E-state index contributed by atoms with van der Waals surface area (Å²) in [6.45, 7) is 2.49. The summed E-state index contributed by atoms with van der Waals surface area (Å²) >= 11 is 0. The zero-order chi connectivity index (χ0) is 24.7. The summed E-state index contributed by atoms with van der Waals surface area (Å²) in [5, 5.41) is 12.9. The first-order chi connectivity index (χ1) is 17.5. The quantitative estimate of drug-likeness (QED) is 0.669. The Balaban J connectivity index is 1.11. The van der Waals surface area contributed by atoms with Gasteiger partial charge in [-0.2, -0.15) is 0 Å². The van der Waals surface area contributed by atoms with Crippen LogP contribution in [0.4, 0.5) is 5.82 Å². The highest BCUT2D eigenvalue weighted by Crippen LogP contribution is 2.43. The van der Waals surface area contributed by atoms with Crippen LogP contribution in [0, 0.1) is 5.41 Å². The maximum atomic E-state index is 13.6. The number of nitrogens with one attached hydrogen (secondary N) is 1. The number of aliphatic hydroxyl groups excluding tert-OH is 1. The molecule has 2 aliphatic carbocycles. The largest absolute Gasteiger partial charge is 0.393 e. The fraction of sp³-hybridized carbons (Fsp3) is 0.552. The first-order valence-corrected chi connectivity index (χ1v) is 13.6. The number of amides is 2. The van der Waals surface area contributed by atoms with E-state index in [4.69, 9.17) is 4.98 Å². The van der Waals surface area contributed by atoms with Gasteiger partial charge in [-0.05, 0) is 87.6 Å². The molecule has 190 valence electrons. The average Bonchev–Trinajstić information content (AvgIpc) is 3.68. The Bertz CT molecular complexity index is 1110. The van der Waals surface area contributed by atoms with E-state index in [2.05, 4.69) is 27.2 Å². The molecule has 1 atom stereocenters. The molecule has 0 bridgehead atoms. The van der Waals surface area contributed by atoms with E-state index in [0.717, 1.165) is 94.4 Å². The van der Waals surface area contributed by atoms with Gasteiger partial charge in [0.2, 0.25) is 5.91 Å². The van der Waals surface area contributed by atoms with E-state index < -0.39 is 0 Å². The standard InChI is InChI=1S/C29H36N4O3/c34-25-11-9-24(10-12-25)33-17-15-29(28(33)36)14-1-16-32(19-29)26-13-6-22(18-30-26)20-2-4-21(5-3-20)27(35)31-23-7-8-23/h2-6,13,18,23-25,34H,1,7-12,14-17,19H2,(H,31,35). The Kier molecular flexibility index (Phi) is 6.20. The number of anilines is 1. The fourth-order valence-electron chi connectivity index (χ4n) is 6.33. The smallest absolute Gasteiger partial charge is 0.251 e. The summed E-state index contributed by atoms with van der Waals surface area (Å²) in [4.78, 5) is 35.0. The van der Waals surface area contributed by atoms with Gasteiger partial charge in [0.15, 0.2) is 0 Å². The number of hydrogen-bond acceptors (Lipinski definition) is 5. The van der Waals surface area contributed by atoms with Gasteiger partial charge in [-0.15, -0.1) is 0 Å². The van der Waals surface area contributed by atoms with Gasteiger partial charge in [0, 0.05) is 49.0 Å². The molecule has 3 heterocycles. The van der Waals surface area contributed by atoms with Crippen LogP contribution in [0.3, 0.4) is 0 Å². The second-order valence-electron chi connectivity index (χ2n) is 11.2. The topological polar surface area (TPSA) is 85.8 Å². The molecule has 6 rings (SSSR count). The van der Waals surface area contributed by atoms with Crippen molar-refractivity contribution in [3.05, 3.63) is 48.2 Å². The highest BCUT2D eigenvalue weighted by Gasteiger charge is 2.50. The van der Waals surface area contributed by atoms with Crippen molar-refractivity contribution in [1.29, 1.82) is 0 Å². The van der Waals surface area contributed by atoms with Crippen LogP contribution in [0.2, 0.25) is 0 Å². The zero-order valence-corrected chi connectivity index (χ0v) is 20.9. The number of rotatable bonds is 5. The number of carbonyl (C=O) groups excluding carboxylic acids is 2. The van der Waals surface area contributed by atoms with Crippen LogP contribution in [-0.4, -0.2) is 64.6 Å². The predicted octanol–water partition coefficient (Wildman–Crippen LogP) is 3.76. The molecule has 36 heavy (non-hydrogen) atoms. The first kappa shape index (κ1) is 23.5. The van der Waals surface area contributed by atoms with Crippen LogP contribution >= 0.6 is 0 Å². The summed E-state index contributed by atoms with van der Waals surface area (Å²) in [5.41, 5.74) is 2.44. The lowest BCUT2D eigenvalue weighted by molar-refractivity contribution is -0.139. The average molecular weight is 489 g/mol. The van der Waals surface area contributed by atoms with Crippen LogP contribution in [0.25, 0.3) is 11.1 Å². The van der Waals surface area contributed by atoms with Crippen LogP contribution in [0.1, 0.15) is 68.1 Å². The van der Waals surface area contributed by atoms with Gasteiger partial charge < -0.3 is 20.2 Å². The van der Waals surface area contributed by atoms with E-state index in [1.165, 1.54) is 0 Å². The molecule has 2 saturated heterocycles. The van der Waals surface area contributed by atoms with Crippen LogP contribution in [-0.2, 0) is 4.79 Å². The van der Waals surface area contributed by atoms with Crippen molar-refractivity contribution in [2.45, 2.75) is 76.0 Å². The summed E-state index contributed by atoms with van der Waals surface area (Å²) in [6.07, 6.45) is 10.2. The SMILES string of the molecule is O=C(NC1CC1)c1ccc(-c2ccc(N3CCCC4(CCN(C5CCC(O)CC5)C4=O)C3)nc2)cc1. The maximum Gasteiger partial charge on any atom is 0.251 e. The molecular weight excluding hydrogens is 452 g/mol. The molecule has 2 N–H and O–H groups in total. The van der Waals surface area contributed by atoms with Crippen molar-refractivity contribution >= 4 is 17.6 Å². The Hall–Kier alpha value is -2.93. The fourth-order valence-corrected chi connectivity index (χ4v) is 6.33. The third-order valence-electron chi connectivity index (χ3n) is 8.69. The number of nitrogens with zero attached hydrogens (tertiary/aromatic N) is 3. The third-order valence-corrected chi connectivity index (χ3v) is 8.69. The van der Waals surface area contributed by atoms with Gasteiger partial charge in [-0.1, -0.05) is 12.1 Å². The van der Waals surface area contributed by atoms with Crippen molar-refractivity contribution < 1.29 is 14.7 Å². The molecule has 1 spiro atoms. The normalized spacial score (nSPS) is 28.5. The summed E-state index contributed by atoms with van der Waals surface area (Å²) in [7, 11) is 0. The van der Waals surface area contributed by atoms with Crippen molar-refractivity contribution in [3.8, 4) is 11.1 Å². The van der Waals surface area contributed by atoms with Crippen molar-refractivity contribution in [2.24, 2.45) is 5.41 Å². The minimum atomic E-state index is -0.300. The maximum absolute atomic E-state index is 13.6. The van der Waals surface area contributed by atoms with Crippen LogP contribution < -0.4 is 10.2 Å². The molecule has 1 unspecified atom stereocenters. The highest BCUT2D eigenvalue weighted by atomic mass is 16.3. The molecule has 2 aliphatic heterocycles. The van der Waals surface area contributed by atoms with E-state index in [1.807, 2.05) is 30.5 Å². The number of benzene rings is 1. The number of carbonyl (C=O) groups is 2. The minimum absolute atomic E-state index is 0.00217. The minimum Gasteiger partial charge on any atom is -0.393 e. The molecule has 1 aromatic carbocycles. The monoisotopic (exact) mass is 488 g/mol. The van der Waals surface area contributed by atoms with E-state index >= 15 is 0 Å². The number of hydrogen-bond donors (Lipinski definition) is 2. The second-order valence-corrected chi connectivity index (χ2v) is 11.2. The summed E-state index contributed by atoms with van der Waals surface area (Å²) in [6, 6.07) is 12.5. The molecule has 7 nitrogen and oxygen atoms in total. The molecule has 2 aromatic rings. The molecule has 1 aromatic heterocycles. The Morgan fingerprint density at radius 3 is 2.39 bits per heavy atom. The van der Waals surface area contributed by atoms with Crippen LogP contribution in [0.5, 0.6) is 0 Å². The van der Waals surface area contributed by atoms with Gasteiger partial charge in [-0.3, -0.25) is 9.59 Å². The van der Waals surface area contributed by atoms with Crippen molar-refractivity contribution in [2.75, 3.05) is 24.5 Å². The van der Waals surface area contributed by atoms with Gasteiger partial charge in [-0.25, -0.2) is 4.98 Å². The molecule has 0 radical (unpaired) electrons. The van der Waals surface area contributed by atoms with E-state index in [1.54, 1.807) is 0 Å². The van der Waals surface area contributed by atoms with Crippen molar-refractivity contribution in [1.82, 2.24) is 15.2 Å². The molecule has 4 fully saturated rings. The van der Waals surface area contributed by atoms with Gasteiger partial charge >= 0.3 is 0 Å². The van der Waals surface area contributed by atoms with E-state index in [0.29, 0.717) is 23.6 Å². The number of piperidine rings is 1. The molecule has 2 amide bonds. The first-order valence-electron chi connectivity index (χ1n) is 13.6. The lowest BCUT2D eigenvalue weighted by Crippen LogP contribution is -2.50. The van der Waals surface area contributed by atoms with Crippen molar-refractivity contribution in [3.63, 3.8) is 0 Å². The Morgan fingerprint density at radius 1 is 0.944 bits per heavy atom. The Morgan fingerprint density at radius 2 is 1.69 bits per heavy atom. The van der Waals surface area contributed by atoms with E-state index in [9.17, 15) is 14.7 Å². The van der Waals surface area contributed by atoms with Crippen LogP contribution in [0.15, 0.2) is 42.6 Å². The molecule has 4 aliphatic rings. The number of aromatic nitrogens is 1. The summed E-state index contributed by atoms with van der Waals surface area (Å²) < 4.78 is 0. The number of aliphatic hydroxyl groups is 1. The third kappa shape index (κ3) is 4.61. The predicted molar refractivity (Wildman–Crippen MR) is 139 cm³/mol. The molecule has 2 saturated carbocycles. The number of pyridine rings is 1. The lowest BCUT2D eigenvalue weighted by atomic mass is 9.78. The van der Waals surface area contributed by atoms with Gasteiger partial charge in [0.25, 0.3) is 5.91 Å². The zero-order valence-electron chi connectivity index (χ0n) is 20.9. The summed E-state index contributed by atoms with van der Waals surface area (Å²) in [5.74, 6) is 1.24. The molecule has 7 heteroatoms. The lowest BCUT2D eigenvalue weighted by Gasteiger charge is -2.41. The van der Waals surface area contributed by atoms with Gasteiger partial charge in [0.1, 0.15) is 5.82 Å².